The van der Waals surface area contributed by atoms with Crippen LogP contribution in [0.2, 0.25) is 0 Å². The van der Waals surface area contributed by atoms with Gasteiger partial charge in [0, 0.05) is 55.5 Å². The molecule has 2 atom stereocenters. The fourth-order valence-electron chi connectivity index (χ4n) is 7.99. The fourth-order valence-corrected chi connectivity index (χ4v) is 10.3. The predicted octanol–water partition coefficient (Wildman–Crippen LogP) is 2.20. The number of carbonyl (C=O) groups excluding carboxylic acids is 1. The minimum absolute atomic E-state index is 0.000866. The lowest BCUT2D eigenvalue weighted by atomic mass is 9.44. The van der Waals surface area contributed by atoms with Crippen molar-refractivity contribution in [1.29, 1.82) is 0 Å². The molecule has 2 aromatic rings. The summed E-state index contributed by atoms with van der Waals surface area (Å²) in [7, 11) is -3.28. The topological polar surface area (TPSA) is 148 Å². The van der Waals surface area contributed by atoms with Crippen molar-refractivity contribution in [2.24, 2.45) is 4.99 Å². The number of carboxylic acid groups (broad SMARTS) is 1. The van der Waals surface area contributed by atoms with Crippen LogP contribution < -0.4 is 10.0 Å². The summed E-state index contributed by atoms with van der Waals surface area (Å²) < 4.78 is 42.6. The van der Waals surface area contributed by atoms with Gasteiger partial charge in [-0.3, -0.25) is 9.89 Å². The first kappa shape index (κ1) is 29.0. The minimum atomic E-state index is -3.28. The van der Waals surface area contributed by atoms with Crippen LogP contribution in [-0.2, 0) is 14.8 Å². The van der Waals surface area contributed by atoms with Crippen molar-refractivity contribution < 1.29 is 27.5 Å². The number of halogens is 1. The van der Waals surface area contributed by atoms with Gasteiger partial charge >= 0.3 is 12.0 Å². The molecule has 2 unspecified atom stereocenters. The number of piperazine rings is 1. The number of amidine groups is 1. The van der Waals surface area contributed by atoms with Gasteiger partial charge in [0.25, 0.3) is 0 Å². The van der Waals surface area contributed by atoms with Crippen LogP contribution in [-0.4, -0.2) is 106 Å². The molecule has 7 aliphatic rings. The molecule has 15 heteroatoms. The molecule has 9 rings (SSSR count). The first-order chi connectivity index (χ1) is 21.5. The van der Waals surface area contributed by atoms with E-state index in [1.165, 1.54) is 17.4 Å². The molecule has 3 N–H and O–H groups in total. The molecule has 4 heterocycles. The molecule has 4 aliphatic carbocycles. The van der Waals surface area contributed by atoms with Crippen molar-refractivity contribution in [3.8, 4) is 0 Å². The highest BCUT2D eigenvalue weighted by Gasteiger charge is 2.74. The lowest BCUT2D eigenvalue weighted by Gasteiger charge is -2.72. The molecular formula is C30H34FN7O5S2. The summed E-state index contributed by atoms with van der Waals surface area (Å²) in [5, 5.41) is 15.8. The van der Waals surface area contributed by atoms with Crippen molar-refractivity contribution in [1.82, 2.24) is 29.7 Å². The van der Waals surface area contributed by atoms with Gasteiger partial charge in [0.2, 0.25) is 10.0 Å². The number of hydrogen-bond donors (Lipinski definition) is 3. The summed E-state index contributed by atoms with van der Waals surface area (Å²) in [6.07, 6.45) is 5.06. The standard InChI is InChI=1S/C30H34FN7O5S2/c1-17-20(3-2-4-21(17)31)24-23(27(39)40)22(33-25(34-24)26-32-7-10-44-26)13-36-8-9-37-18(11-36)12-38(28(37)41)30-14-29(15-30,16-30)35-45(42,43)19-5-6-19/h2-4,7,10,18-19,24,35H,5-6,8-9,11-16H2,1H3,(H,33,34)(H,39,40). The number of carboxylic acids is 1. The first-order valence-corrected chi connectivity index (χ1v) is 17.7. The zero-order valence-corrected chi connectivity index (χ0v) is 26.3. The van der Waals surface area contributed by atoms with E-state index in [0.717, 1.165) is 12.8 Å². The molecule has 4 saturated carbocycles. The maximum Gasteiger partial charge on any atom is 0.335 e. The smallest absolute Gasteiger partial charge is 0.335 e. The second-order valence-electron chi connectivity index (χ2n) is 13.4. The number of aliphatic imine (C=N–C) groups is 1. The van der Waals surface area contributed by atoms with E-state index in [-0.39, 0.29) is 35.0 Å². The van der Waals surface area contributed by atoms with E-state index in [4.69, 9.17) is 4.99 Å². The number of thiazole rings is 1. The van der Waals surface area contributed by atoms with Gasteiger partial charge < -0.3 is 20.2 Å². The number of aliphatic carboxylic acids is 1. The van der Waals surface area contributed by atoms with Gasteiger partial charge in [-0.1, -0.05) is 12.1 Å². The Morgan fingerprint density at radius 2 is 2.00 bits per heavy atom. The number of nitrogens with one attached hydrogen (secondary N) is 2. The normalized spacial score (nSPS) is 31.2. The molecule has 0 spiro atoms. The largest absolute Gasteiger partial charge is 0.478 e. The van der Waals surface area contributed by atoms with E-state index >= 15 is 0 Å². The molecule has 1 aromatic heterocycles. The summed E-state index contributed by atoms with van der Waals surface area (Å²) in [5.74, 6) is -1.12. The molecule has 2 amide bonds. The Hall–Kier alpha value is -3.40. The molecule has 0 radical (unpaired) electrons. The number of fused-ring (bicyclic) bond motifs is 1. The van der Waals surface area contributed by atoms with E-state index in [9.17, 15) is 27.5 Å². The Labute approximate surface area is 264 Å². The van der Waals surface area contributed by atoms with Crippen molar-refractivity contribution in [3.63, 3.8) is 0 Å². The number of nitrogens with zero attached hydrogens (tertiary/aromatic N) is 5. The number of urea groups is 1. The first-order valence-electron chi connectivity index (χ1n) is 15.3. The highest BCUT2D eigenvalue weighted by Crippen LogP contribution is 2.65. The van der Waals surface area contributed by atoms with Crippen molar-refractivity contribution in [2.45, 2.75) is 67.4 Å². The van der Waals surface area contributed by atoms with Crippen LogP contribution >= 0.6 is 11.3 Å². The predicted molar refractivity (Wildman–Crippen MR) is 164 cm³/mol. The summed E-state index contributed by atoms with van der Waals surface area (Å²) in [6.45, 7) is 4.08. The lowest BCUT2D eigenvalue weighted by molar-refractivity contribution is -0.145. The van der Waals surface area contributed by atoms with Gasteiger partial charge in [0.15, 0.2) is 10.8 Å². The number of rotatable bonds is 9. The number of sulfonamides is 1. The Morgan fingerprint density at radius 3 is 2.69 bits per heavy atom. The SMILES string of the molecule is Cc1c(F)cccc1C1N=C(c2nccs2)NC(CN2CCN3C(=O)N(C45CC(NS(=O)(=O)C6CC6)(C4)C5)CC3C2)=C1C(=O)O. The number of aromatic nitrogens is 1. The molecule has 45 heavy (non-hydrogen) atoms. The maximum absolute atomic E-state index is 14.6. The van der Waals surface area contributed by atoms with E-state index in [2.05, 4.69) is 19.9 Å². The Bertz CT molecular complexity index is 1750. The monoisotopic (exact) mass is 655 g/mol. The Morgan fingerprint density at radius 1 is 1.22 bits per heavy atom. The number of carbonyl (C=O) groups is 2. The van der Waals surface area contributed by atoms with Gasteiger partial charge in [-0.15, -0.1) is 11.3 Å². The summed E-state index contributed by atoms with van der Waals surface area (Å²) in [4.78, 5) is 41.4. The van der Waals surface area contributed by atoms with Crippen LogP contribution in [0.25, 0.3) is 0 Å². The van der Waals surface area contributed by atoms with Crippen LogP contribution in [0.3, 0.4) is 0 Å². The van der Waals surface area contributed by atoms with Gasteiger partial charge in [0.05, 0.1) is 22.4 Å². The second kappa shape index (κ2) is 10.0. The van der Waals surface area contributed by atoms with Crippen LogP contribution in [0.15, 0.2) is 46.0 Å². The van der Waals surface area contributed by atoms with Crippen molar-refractivity contribution in [2.75, 3.05) is 32.7 Å². The lowest BCUT2D eigenvalue weighted by Crippen LogP contribution is -2.84. The molecule has 2 bridgehead atoms. The fraction of sp³-hybridized carbons (Fsp3) is 0.533. The number of benzene rings is 1. The second-order valence-corrected chi connectivity index (χ2v) is 16.2. The molecule has 6 fully saturated rings. The van der Waals surface area contributed by atoms with Gasteiger partial charge in [-0.25, -0.2) is 32.1 Å². The molecule has 2 saturated heterocycles. The highest BCUT2D eigenvalue weighted by atomic mass is 32.2. The third-order valence-electron chi connectivity index (χ3n) is 10.3. The Balaban J connectivity index is 1.00. The van der Waals surface area contributed by atoms with E-state index in [0.29, 0.717) is 73.1 Å². The van der Waals surface area contributed by atoms with Crippen LogP contribution in [0.1, 0.15) is 54.3 Å². The zero-order valence-electron chi connectivity index (χ0n) is 24.7. The van der Waals surface area contributed by atoms with Gasteiger partial charge in [-0.2, -0.15) is 0 Å². The molecule has 238 valence electrons. The molecule has 12 nitrogen and oxygen atoms in total. The molecular weight excluding hydrogens is 622 g/mol. The average molecular weight is 656 g/mol. The third-order valence-corrected chi connectivity index (χ3v) is 13.2. The maximum atomic E-state index is 14.6. The summed E-state index contributed by atoms with van der Waals surface area (Å²) in [6, 6.07) is 3.63. The summed E-state index contributed by atoms with van der Waals surface area (Å²) in [5.41, 5.74) is 0.663. The van der Waals surface area contributed by atoms with E-state index in [1.807, 2.05) is 15.2 Å². The number of amides is 2. The summed E-state index contributed by atoms with van der Waals surface area (Å²) >= 11 is 1.38. The quantitative estimate of drug-likeness (QED) is 0.373. The Kier molecular flexibility index (Phi) is 6.48. The van der Waals surface area contributed by atoms with Crippen LogP contribution in [0, 0.1) is 12.7 Å². The van der Waals surface area contributed by atoms with E-state index in [1.54, 1.807) is 25.3 Å². The van der Waals surface area contributed by atoms with Crippen molar-refractivity contribution >= 4 is 39.2 Å². The highest BCUT2D eigenvalue weighted by molar-refractivity contribution is 7.90. The van der Waals surface area contributed by atoms with E-state index < -0.39 is 33.4 Å². The average Bonchev–Trinajstić information content (AvgIpc) is 3.60. The third kappa shape index (κ3) is 4.69. The minimum Gasteiger partial charge on any atom is -0.478 e. The number of hydrogen-bond acceptors (Lipinski definition) is 9. The van der Waals surface area contributed by atoms with Gasteiger partial charge in [-0.05, 0) is 56.2 Å². The van der Waals surface area contributed by atoms with Crippen LogP contribution in [0.5, 0.6) is 0 Å². The molecule has 1 aromatic carbocycles. The van der Waals surface area contributed by atoms with Crippen molar-refractivity contribution in [3.05, 3.63) is 63.0 Å². The zero-order chi connectivity index (χ0) is 31.3. The van der Waals surface area contributed by atoms with Crippen LogP contribution in [0.4, 0.5) is 9.18 Å². The van der Waals surface area contributed by atoms with Gasteiger partial charge in [0.1, 0.15) is 11.9 Å². The molecule has 3 aliphatic heterocycles.